The third kappa shape index (κ3) is 2.66. The van der Waals surface area contributed by atoms with E-state index in [1.165, 1.54) is 6.42 Å². The number of rotatable bonds is 2. The van der Waals surface area contributed by atoms with E-state index < -0.39 is 0 Å². The summed E-state index contributed by atoms with van der Waals surface area (Å²) in [5.41, 5.74) is 6.96. The average molecular weight is 247 g/mol. The van der Waals surface area contributed by atoms with Gasteiger partial charge in [-0.05, 0) is 43.7 Å². The lowest BCUT2D eigenvalue weighted by molar-refractivity contribution is 0.295. The van der Waals surface area contributed by atoms with Gasteiger partial charge in [-0.1, -0.05) is 19.9 Å². The van der Waals surface area contributed by atoms with Gasteiger partial charge >= 0.3 is 0 Å². The number of piperidine rings is 1. The molecule has 1 aliphatic heterocycles. The summed E-state index contributed by atoms with van der Waals surface area (Å²) in [6.07, 6.45) is 3.23. The molecule has 2 heterocycles. The maximum atomic E-state index is 5.86. The van der Waals surface area contributed by atoms with Crippen LogP contribution in [0.15, 0.2) is 18.3 Å². The minimum absolute atomic E-state index is 0.0585. The van der Waals surface area contributed by atoms with Crippen LogP contribution in [0.1, 0.15) is 45.7 Å². The maximum absolute atomic E-state index is 5.86. The molecular weight excluding hydrogens is 222 g/mol. The molecule has 3 unspecified atom stereocenters. The second-order valence-corrected chi connectivity index (χ2v) is 5.95. The van der Waals surface area contributed by atoms with Gasteiger partial charge in [0.15, 0.2) is 0 Å². The van der Waals surface area contributed by atoms with Gasteiger partial charge in [-0.2, -0.15) is 0 Å². The summed E-state index contributed by atoms with van der Waals surface area (Å²) in [7, 11) is 0. The Morgan fingerprint density at radius 3 is 2.61 bits per heavy atom. The van der Waals surface area contributed by atoms with Crippen LogP contribution in [0.2, 0.25) is 0 Å². The molecule has 1 fully saturated rings. The molecule has 1 aliphatic rings. The minimum atomic E-state index is 0.0585. The Hall–Kier alpha value is -1.09. The van der Waals surface area contributed by atoms with Crippen molar-refractivity contribution in [2.45, 2.75) is 46.2 Å². The second-order valence-electron chi connectivity index (χ2n) is 5.95. The molecular formula is C15H25N3. The summed E-state index contributed by atoms with van der Waals surface area (Å²) in [5, 5.41) is 0. The monoisotopic (exact) mass is 247 g/mol. The van der Waals surface area contributed by atoms with E-state index in [4.69, 9.17) is 5.73 Å². The van der Waals surface area contributed by atoms with Gasteiger partial charge in [0.1, 0.15) is 5.82 Å². The third-order valence-electron chi connectivity index (χ3n) is 4.19. The number of anilines is 1. The zero-order chi connectivity index (χ0) is 13.3. The molecule has 0 bridgehead atoms. The fraction of sp³-hybridized carbons (Fsp3) is 0.667. The minimum Gasteiger partial charge on any atom is -0.353 e. The van der Waals surface area contributed by atoms with Crippen molar-refractivity contribution in [3.8, 4) is 0 Å². The van der Waals surface area contributed by atoms with E-state index >= 15 is 0 Å². The van der Waals surface area contributed by atoms with Crippen molar-refractivity contribution in [3.05, 3.63) is 23.9 Å². The molecule has 0 aliphatic carbocycles. The van der Waals surface area contributed by atoms with Crippen LogP contribution in [0.5, 0.6) is 0 Å². The van der Waals surface area contributed by atoms with E-state index in [2.05, 4.69) is 42.8 Å². The number of pyridine rings is 1. The molecule has 4 atom stereocenters. The molecule has 1 saturated heterocycles. The molecule has 3 nitrogen and oxygen atoms in total. The van der Waals surface area contributed by atoms with E-state index in [1.54, 1.807) is 0 Å². The van der Waals surface area contributed by atoms with Crippen molar-refractivity contribution in [1.29, 1.82) is 0 Å². The van der Waals surface area contributed by atoms with Crippen LogP contribution in [-0.4, -0.2) is 17.6 Å². The van der Waals surface area contributed by atoms with Crippen molar-refractivity contribution < 1.29 is 0 Å². The molecule has 18 heavy (non-hydrogen) atoms. The van der Waals surface area contributed by atoms with Gasteiger partial charge < -0.3 is 10.6 Å². The van der Waals surface area contributed by atoms with Crippen LogP contribution in [0, 0.1) is 11.8 Å². The molecule has 0 amide bonds. The molecule has 0 spiro atoms. The Bertz CT molecular complexity index is 385. The summed E-state index contributed by atoms with van der Waals surface area (Å²) in [5.74, 6) is 2.56. The molecule has 100 valence electrons. The first kappa shape index (κ1) is 13.3. The highest BCUT2D eigenvalue weighted by atomic mass is 15.2. The number of hydrogen-bond acceptors (Lipinski definition) is 3. The average Bonchev–Trinajstić information content (AvgIpc) is 2.34. The number of aromatic nitrogens is 1. The molecule has 2 N–H and O–H groups in total. The van der Waals surface area contributed by atoms with Crippen LogP contribution in [0.3, 0.4) is 0 Å². The second kappa shape index (κ2) is 5.27. The van der Waals surface area contributed by atoms with E-state index in [9.17, 15) is 0 Å². The summed E-state index contributed by atoms with van der Waals surface area (Å²) >= 11 is 0. The molecule has 0 saturated carbocycles. The molecule has 0 aromatic carbocycles. The number of hydrogen-bond donors (Lipinski definition) is 1. The largest absolute Gasteiger partial charge is 0.353 e. The van der Waals surface area contributed by atoms with Crippen molar-refractivity contribution in [2.24, 2.45) is 17.6 Å². The molecule has 1 aromatic rings. The highest BCUT2D eigenvalue weighted by Gasteiger charge is 2.29. The standard InChI is InChI=1S/C15H25N3/c1-10-7-11(2)13(4)18(9-10)15-6-5-14(8-17-15)12(3)16/h5-6,8,10-13H,7,9,16H2,1-4H3/t10?,11?,12-,13?/m1/s1. The van der Waals surface area contributed by atoms with Gasteiger partial charge in [0.2, 0.25) is 0 Å². The topological polar surface area (TPSA) is 42.1 Å². The first-order valence-corrected chi connectivity index (χ1v) is 6.97. The van der Waals surface area contributed by atoms with Crippen LogP contribution in [-0.2, 0) is 0 Å². The number of nitrogens with zero attached hydrogens (tertiary/aromatic N) is 2. The first-order chi connectivity index (χ1) is 8.49. The number of nitrogens with two attached hydrogens (primary N) is 1. The fourth-order valence-corrected chi connectivity index (χ4v) is 2.85. The summed E-state index contributed by atoms with van der Waals surface area (Å²) in [4.78, 5) is 7.02. The SMILES string of the molecule is CC1CC(C)C(C)N(c2ccc([C@@H](C)N)cn2)C1. The molecule has 0 radical (unpaired) electrons. The smallest absolute Gasteiger partial charge is 0.128 e. The van der Waals surface area contributed by atoms with Crippen LogP contribution >= 0.6 is 0 Å². The fourth-order valence-electron chi connectivity index (χ4n) is 2.85. The molecule has 1 aromatic heterocycles. The Kier molecular flexibility index (Phi) is 3.91. The van der Waals surface area contributed by atoms with Crippen molar-refractivity contribution in [3.63, 3.8) is 0 Å². The van der Waals surface area contributed by atoms with E-state index in [0.29, 0.717) is 6.04 Å². The molecule has 3 heteroatoms. The summed E-state index contributed by atoms with van der Waals surface area (Å²) in [6, 6.07) is 4.84. The molecule has 2 rings (SSSR count). The van der Waals surface area contributed by atoms with Gasteiger partial charge in [0, 0.05) is 24.8 Å². The highest BCUT2D eigenvalue weighted by molar-refractivity contribution is 5.41. The predicted molar refractivity (Wildman–Crippen MR) is 76.6 cm³/mol. The lowest BCUT2D eigenvalue weighted by Crippen LogP contribution is -2.46. The summed E-state index contributed by atoms with van der Waals surface area (Å²) in [6.45, 7) is 10.1. The van der Waals surface area contributed by atoms with Gasteiger partial charge in [0.05, 0.1) is 0 Å². The normalized spacial score (nSPS) is 30.3. The van der Waals surface area contributed by atoms with E-state index in [0.717, 1.165) is 29.8 Å². The Balaban J connectivity index is 2.19. The summed E-state index contributed by atoms with van der Waals surface area (Å²) < 4.78 is 0. The Morgan fingerprint density at radius 1 is 1.33 bits per heavy atom. The van der Waals surface area contributed by atoms with Gasteiger partial charge in [-0.25, -0.2) is 4.98 Å². The Morgan fingerprint density at radius 2 is 2.06 bits per heavy atom. The third-order valence-corrected chi connectivity index (χ3v) is 4.19. The van der Waals surface area contributed by atoms with E-state index in [1.807, 2.05) is 13.1 Å². The Labute approximate surface area is 110 Å². The lowest BCUT2D eigenvalue weighted by Gasteiger charge is -2.42. The highest BCUT2D eigenvalue weighted by Crippen LogP contribution is 2.30. The van der Waals surface area contributed by atoms with Gasteiger partial charge in [-0.15, -0.1) is 0 Å². The van der Waals surface area contributed by atoms with Crippen molar-refractivity contribution >= 4 is 5.82 Å². The zero-order valence-electron chi connectivity index (χ0n) is 11.9. The van der Waals surface area contributed by atoms with Crippen LogP contribution in [0.25, 0.3) is 0 Å². The first-order valence-electron chi connectivity index (χ1n) is 6.97. The lowest BCUT2D eigenvalue weighted by atomic mass is 9.86. The van der Waals surface area contributed by atoms with Crippen LogP contribution in [0.4, 0.5) is 5.82 Å². The van der Waals surface area contributed by atoms with Crippen molar-refractivity contribution in [2.75, 3.05) is 11.4 Å². The quantitative estimate of drug-likeness (QED) is 0.873. The zero-order valence-corrected chi connectivity index (χ0v) is 11.9. The predicted octanol–water partition coefficient (Wildman–Crippen LogP) is 2.97. The maximum Gasteiger partial charge on any atom is 0.128 e. The van der Waals surface area contributed by atoms with Crippen LogP contribution < -0.4 is 10.6 Å². The van der Waals surface area contributed by atoms with Gasteiger partial charge in [0.25, 0.3) is 0 Å². The van der Waals surface area contributed by atoms with Gasteiger partial charge in [-0.3, -0.25) is 0 Å². The van der Waals surface area contributed by atoms with E-state index in [-0.39, 0.29) is 6.04 Å². The van der Waals surface area contributed by atoms with Crippen molar-refractivity contribution in [1.82, 2.24) is 4.98 Å².